The number of aromatic nitrogens is 2. The van der Waals surface area contributed by atoms with Crippen LogP contribution < -0.4 is 67.7 Å². The zero-order chi connectivity index (χ0) is 31.2. The van der Waals surface area contributed by atoms with Crippen LogP contribution in [0.2, 0.25) is 0 Å². The lowest BCUT2D eigenvalue weighted by Gasteiger charge is -2.10. The molecule has 0 aliphatic carbocycles. The minimum Gasteiger partial charge on any atom is -1.00 e. The van der Waals surface area contributed by atoms with Gasteiger partial charge in [0.2, 0.25) is 11.0 Å². The highest BCUT2D eigenvalue weighted by Crippen LogP contribution is 2.23. The molecule has 0 unspecified atom stereocenters. The average molecular weight is 863 g/mol. The zero-order valence-electron chi connectivity index (χ0n) is 27.8. The molecule has 4 nitrogen and oxygen atoms in total. The van der Waals surface area contributed by atoms with Crippen molar-refractivity contribution in [3.8, 4) is 0 Å². The van der Waals surface area contributed by atoms with Crippen LogP contribution in [0.5, 0.6) is 0 Å². The summed E-state index contributed by atoms with van der Waals surface area (Å²) >= 11 is 0. The average Bonchev–Trinajstić information content (AvgIpc) is 3.12. The highest BCUT2D eigenvalue weighted by molar-refractivity contribution is 5.89. The number of anilines is 2. The van der Waals surface area contributed by atoms with Crippen LogP contribution in [0.1, 0.15) is 62.5 Å². The summed E-state index contributed by atoms with van der Waals surface area (Å²) in [6.45, 7) is 3.83. The smallest absolute Gasteiger partial charge is 0.214 e. The van der Waals surface area contributed by atoms with Gasteiger partial charge in [-0.05, 0) is 36.1 Å². The van der Waals surface area contributed by atoms with E-state index in [1.165, 1.54) is 95.7 Å². The van der Waals surface area contributed by atoms with Gasteiger partial charge < -0.3 is 58.6 Å². The number of nitrogens with zero attached hydrogens (tertiary/aromatic N) is 2. The van der Waals surface area contributed by atoms with Crippen molar-refractivity contribution >= 4 is 33.2 Å². The zero-order valence-corrected chi connectivity index (χ0v) is 32.2. The van der Waals surface area contributed by atoms with Crippen molar-refractivity contribution < 1.29 is 57.1 Å². The number of nitrogens with one attached hydrogen (secondary N) is 2. The molecule has 0 saturated heterocycles. The molecule has 0 aliphatic rings. The summed E-state index contributed by atoms with van der Waals surface area (Å²) in [5, 5.41) is 9.88. The van der Waals surface area contributed by atoms with E-state index in [4.69, 9.17) is 0 Å². The number of para-hydroxylation sites is 2. The standard InChI is InChI=1S/C42H46N4.2HI/c1(3-5-17-29-45-31-27-39(37-23-13-15-25-41(37)45)43-33-35-19-9-7-10-20-35)2-4-6-18-30-46-32-28-40(38-24-14-16-26-42(38)46)44-34-36-21-11-8-12-22-36;;/h7-16,19-28,31-32H,1-6,17-18,29-30,33-34H2;2*1H. The summed E-state index contributed by atoms with van der Waals surface area (Å²) in [7, 11) is 0. The van der Waals surface area contributed by atoms with Crippen LogP contribution in [0, 0.1) is 0 Å². The van der Waals surface area contributed by atoms with E-state index in [1.54, 1.807) is 0 Å². The van der Waals surface area contributed by atoms with Crippen molar-refractivity contribution in [2.75, 3.05) is 10.6 Å². The Morgan fingerprint density at radius 1 is 0.375 bits per heavy atom. The maximum absolute atomic E-state index is 3.65. The molecule has 250 valence electrons. The molecular formula is C42H48I2N4. The highest BCUT2D eigenvalue weighted by Gasteiger charge is 2.13. The molecule has 6 heteroatoms. The lowest BCUT2D eigenvalue weighted by molar-refractivity contribution is -0.672. The molecule has 0 fully saturated rings. The third kappa shape index (κ3) is 10.6. The number of halogens is 2. The molecule has 0 atom stereocenters. The van der Waals surface area contributed by atoms with E-state index < -0.39 is 0 Å². The van der Waals surface area contributed by atoms with Crippen LogP contribution >= 0.6 is 0 Å². The van der Waals surface area contributed by atoms with Crippen LogP contribution in [-0.2, 0) is 26.2 Å². The number of unbranched alkanes of at least 4 members (excludes halogenated alkanes) is 7. The van der Waals surface area contributed by atoms with Gasteiger partial charge in [-0.3, -0.25) is 0 Å². The molecule has 4 aromatic carbocycles. The van der Waals surface area contributed by atoms with Crippen molar-refractivity contribution in [2.24, 2.45) is 0 Å². The second-order valence-corrected chi connectivity index (χ2v) is 12.4. The van der Waals surface area contributed by atoms with Crippen LogP contribution in [0.4, 0.5) is 11.4 Å². The van der Waals surface area contributed by atoms with Crippen molar-refractivity contribution in [2.45, 2.75) is 77.5 Å². The second kappa shape index (κ2) is 20.3. The Morgan fingerprint density at radius 3 is 1.15 bits per heavy atom. The van der Waals surface area contributed by atoms with Crippen LogP contribution in [0.3, 0.4) is 0 Å². The van der Waals surface area contributed by atoms with Gasteiger partial charge in [0.1, 0.15) is 13.1 Å². The molecular weight excluding hydrogens is 814 g/mol. The molecule has 0 radical (unpaired) electrons. The molecule has 0 bridgehead atoms. The summed E-state index contributed by atoms with van der Waals surface area (Å²) in [6.07, 6.45) is 14.9. The summed E-state index contributed by atoms with van der Waals surface area (Å²) in [5.74, 6) is 0. The number of pyridine rings is 2. The largest absolute Gasteiger partial charge is 1.00 e. The number of hydrogen-bond acceptors (Lipinski definition) is 2. The second-order valence-electron chi connectivity index (χ2n) is 12.4. The van der Waals surface area contributed by atoms with Crippen molar-refractivity contribution in [1.82, 2.24) is 0 Å². The maximum Gasteiger partial charge on any atom is 0.214 e. The number of benzene rings is 4. The first-order valence-electron chi connectivity index (χ1n) is 17.2. The molecule has 6 aromatic rings. The molecule has 6 rings (SSSR count). The van der Waals surface area contributed by atoms with E-state index in [9.17, 15) is 0 Å². The van der Waals surface area contributed by atoms with Gasteiger partial charge in [0.05, 0.1) is 22.1 Å². The fourth-order valence-electron chi connectivity index (χ4n) is 6.48. The summed E-state index contributed by atoms with van der Waals surface area (Å²) in [4.78, 5) is 0. The molecule has 0 spiro atoms. The quantitative estimate of drug-likeness (QED) is 0.0836. The van der Waals surface area contributed by atoms with Gasteiger partial charge >= 0.3 is 0 Å². The topological polar surface area (TPSA) is 31.8 Å². The van der Waals surface area contributed by atoms with E-state index in [0.717, 1.165) is 26.2 Å². The van der Waals surface area contributed by atoms with Crippen LogP contribution in [0.15, 0.2) is 134 Å². The molecule has 0 aliphatic heterocycles. The predicted molar refractivity (Wildman–Crippen MR) is 193 cm³/mol. The Kier molecular flexibility index (Phi) is 15.9. The van der Waals surface area contributed by atoms with Crippen molar-refractivity contribution in [3.63, 3.8) is 0 Å². The van der Waals surface area contributed by atoms with E-state index >= 15 is 0 Å². The highest BCUT2D eigenvalue weighted by atomic mass is 127. The fraction of sp³-hybridized carbons (Fsp3) is 0.286. The SMILES string of the molecule is [I-].[I-].c1ccc(CNc2cc[n+](CCCCCCCCCC[n+]3ccc(NCc4ccccc4)c4ccccc43)c3ccccc23)cc1. The van der Waals surface area contributed by atoms with Gasteiger partial charge in [-0.25, -0.2) is 0 Å². The monoisotopic (exact) mass is 862 g/mol. The number of rotatable bonds is 17. The van der Waals surface area contributed by atoms with Gasteiger partial charge in [0.15, 0.2) is 12.4 Å². The minimum atomic E-state index is 0. The van der Waals surface area contributed by atoms with Crippen molar-refractivity contribution in [3.05, 3.63) is 145 Å². The first kappa shape index (κ1) is 37.6. The van der Waals surface area contributed by atoms with E-state index in [0.29, 0.717) is 0 Å². The molecule has 48 heavy (non-hydrogen) atoms. The van der Waals surface area contributed by atoms with E-state index in [-0.39, 0.29) is 48.0 Å². The Morgan fingerprint density at radius 2 is 0.729 bits per heavy atom. The number of hydrogen-bond donors (Lipinski definition) is 2. The summed E-state index contributed by atoms with van der Waals surface area (Å²) < 4.78 is 4.85. The molecule has 2 heterocycles. The Bertz CT molecular complexity index is 1680. The fourth-order valence-corrected chi connectivity index (χ4v) is 6.48. The van der Waals surface area contributed by atoms with Gasteiger partial charge in [-0.15, -0.1) is 0 Å². The van der Waals surface area contributed by atoms with E-state index in [2.05, 4.69) is 153 Å². The van der Waals surface area contributed by atoms with Gasteiger partial charge in [0.25, 0.3) is 0 Å². The lowest BCUT2D eigenvalue weighted by Crippen LogP contribution is -3.00. The molecule has 2 N–H and O–H groups in total. The van der Waals surface area contributed by atoms with Crippen LogP contribution in [0.25, 0.3) is 21.8 Å². The Labute approximate surface area is 321 Å². The minimum absolute atomic E-state index is 0. The van der Waals surface area contributed by atoms with Gasteiger partial charge in [0, 0.05) is 50.2 Å². The third-order valence-corrected chi connectivity index (χ3v) is 9.05. The normalized spacial score (nSPS) is 10.8. The molecule has 0 saturated carbocycles. The molecule has 0 amide bonds. The summed E-state index contributed by atoms with van der Waals surface area (Å²) in [6, 6.07) is 43.3. The van der Waals surface area contributed by atoms with Gasteiger partial charge in [-0.2, -0.15) is 9.13 Å². The van der Waals surface area contributed by atoms with Crippen molar-refractivity contribution in [1.29, 1.82) is 0 Å². The third-order valence-electron chi connectivity index (χ3n) is 9.05. The number of aryl methyl sites for hydroxylation is 2. The predicted octanol–water partition coefficient (Wildman–Crippen LogP) is 3.62. The maximum atomic E-state index is 3.65. The van der Waals surface area contributed by atoms with Crippen LogP contribution in [-0.4, -0.2) is 0 Å². The van der Waals surface area contributed by atoms with Gasteiger partial charge in [-0.1, -0.05) is 111 Å². The van der Waals surface area contributed by atoms with E-state index in [1.807, 2.05) is 0 Å². The first-order chi connectivity index (χ1) is 22.8. The first-order valence-corrected chi connectivity index (χ1v) is 17.2. The molecule has 2 aromatic heterocycles. The number of fused-ring (bicyclic) bond motifs is 2. The Balaban J connectivity index is 0.00000260. The lowest BCUT2D eigenvalue weighted by atomic mass is 10.1. The summed E-state index contributed by atoms with van der Waals surface area (Å²) in [5.41, 5.74) is 7.63. The Hall–Kier alpha value is -3.24.